The van der Waals surface area contributed by atoms with Crippen molar-refractivity contribution in [2.45, 2.75) is 33.6 Å². The fraction of sp³-hybridized carbons (Fsp3) is 0.368. The topological polar surface area (TPSA) is 68.1 Å². The molecule has 0 saturated heterocycles. The van der Waals surface area contributed by atoms with Crippen LogP contribution in [0.4, 0.5) is 0 Å². The number of para-hydroxylation sites is 1. The first-order valence-corrected chi connectivity index (χ1v) is 7.89. The Hall–Kier alpha value is -2.56. The fourth-order valence-electron chi connectivity index (χ4n) is 2.58. The zero-order valence-electron chi connectivity index (χ0n) is 14.3. The number of oxime groups is 1. The second-order valence-corrected chi connectivity index (χ2v) is 6.02. The highest BCUT2D eigenvalue weighted by Crippen LogP contribution is 2.30. The van der Waals surface area contributed by atoms with Crippen LogP contribution in [0.5, 0.6) is 5.75 Å². The first kappa shape index (κ1) is 17.8. The molecule has 0 radical (unpaired) electrons. The molecule has 0 aromatic heterocycles. The SMILES string of the molecule is CC1=C(C)CC(COc2ccccc2C)=C(CO/N=C\C(=O)O)C1. The van der Waals surface area contributed by atoms with Gasteiger partial charge in [0, 0.05) is 0 Å². The van der Waals surface area contributed by atoms with Crippen LogP contribution in [0.25, 0.3) is 0 Å². The Morgan fingerprint density at radius 3 is 2.38 bits per heavy atom. The molecule has 24 heavy (non-hydrogen) atoms. The van der Waals surface area contributed by atoms with Crippen molar-refractivity contribution in [2.75, 3.05) is 13.2 Å². The van der Waals surface area contributed by atoms with Gasteiger partial charge in [-0.1, -0.05) is 34.5 Å². The molecule has 2 rings (SSSR count). The van der Waals surface area contributed by atoms with Gasteiger partial charge in [0.05, 0.1) is 0 Å². The van der Waals surface area contributed by atoms with Crippen molar-refractivity contribution in [1.82, 2.24) is 0 Å². The molecule has 0 unspecified atom stereocenters. The van der Waals surface area contributed by atoms with Gasteiger partial charge in [-0.05, 0) is 56.4 Å². The lowest BCUT2D eigenvalue weighted by Gasteiger charge is -2.23. The lowest BCUT2D eigenvalue weighted by Crippen LogP contribution is -2.13. The number of rotatable bonds is 7. The molecule has 0 heterocycles. The fourth-order valence-corrected chi connectivity index (χ4v) is 2.58. The summed E-state index contributed by atoms with van der Waals surface area (Å²) >= 11 is 0. The third kappa shape index (κ3) is 4.98. The molecule has 0 saturated carbocycles. The second kappa shape index (κ2) is 8.34. The minimum atomic E-state index is -1.12. The Bertz CT molecular complexity index is 701. The summed E-state index contributed by atoms with van der Waals surface area (Å²) in [6, 6.07) is 7.92. The molecule has 0 aliphatic heterocycles. The molecule has 128 valence electrons. The van der Waals surface area contributed by atoms with E-state index in [-0.39, 0.29) is 6.61 Å². The summed E-state index contributed by atoms with van der Waals surface area (Å²) in [7, 11) is 0. The summed E-state index contributed by atoms with van der Waals surface area (Å²) in [6.45, 7) is 7.03. The van der Waals surface area contributed by atoms with E-state index in [1.165, 1.54) is 16.7 Å². The maximum absolute atomic E-state index is 10.4. The van der Waals surface area contributed by atoms with Crippen LogP contribution in [0.3, 0.4) is 0 Å². The van der Waals surface area contributed by atoms with Gasteiger partial charge in [0.15, 0.2) is 6.21 Å². The summed E-state index contributed by atoms with van der Waals surface area (Å²) in [5.41, 5.74) is 6.04. The van der Waals surface area contributed by atoms with Crippen LogP contribution in [-0.2, 0) is 9.63 Å². The van der Waals surface area contributed by atoms with Crippen LogP contribution in [0.1, 0.15) is 32.3 Å². The minimum Gasteiger partial charge on any atom is -0.489 e. The number of hydrogen-bond donors (Lipinski definition) is 1. The van der Waals surface area contributed by atoms with Crippen molar-refractivity contribution in [3.63, 3.8) is 0 Å². The van der Waals surface area contributed by atoms with Gasteiger partial charge in [-0.25, -0.2) is 4.79 Å². The molecule has 0 atom stereocenters. The van der Waals surface area contributed by atoms with Crippen molar-refractivity contribution in [2.24, 2.45) is 5.16 Å². The van der Waals surface area contributed by atoms with Crippen LogP contribution in [-0.4, -0.2) is 30.5 Å². The highest BCUT2D eigenvalue weighted by atomic mass is 16.6. The van der Waals surface area contributed by atoms with Crippen LogP contribution in [0.15, 0.2) is 51.7 Å². The van der Waals surface area contributed by atoms with E-state index in [1.54, 1.807) is 0 Å². The Labute approximate surface area is 142 Å². The molecule has 1 aromatic carbocycles. The molecule has 1 aliphatic carbocycles. The van der Waals surface area contributed by atoms with E-state index < -0.39 is 5.97 Å². The number of aryl methyl sites for hydroxylation is 1. The van der Waals surface area contributed by atoms with Gasteiger partial charge in [-0.2, -0.15) is 0 Å². The summed E-state index contributed by atoms with van der Waals surface area (Å²) in [5.74, 6) is -0.249. The Morgan fingerprint density at radius 1 is 1.12 bits per heavy atom. The predicted octanol–water partition coefficient (Wildman–Crippen LogP) is 3.89. The van der Waals surface area contributed by atoms with Crippen molar-refractivity contribution >= 4 is 12.2 Å². The molecule has 5 nitrogen and oxygen atoms in total. The molecule has 5 heteroatoms. The first-order chi connectivity index (χ1) is 11.5. The molecule has 0 fully saturated rings. The van der Waals surface area contributed by atoms with Gasteiger partial charge < -0.3 is 14.7 Å². The summed E-state index contributed by atoms with van der Waals surface area (Å²) in [5, 5.41) is 12.0. The van der Waals surface area contributed by atoms with E-state index in [0.717, 1.165) is 35.9 Å². The lowest BCUT2D eigenvalue weighted by molar-refractivity contribution is -0.129. The molecule has 0 amide bonds. The number of allylic oxidation sites excluding steroid dienone is 2. The molecule has 1 N–H and O–H groups in total. The molecule has 0 bridgehead atoms. The number of benzene rings is 1. The molecule has 1 aliphatic rings. The van der Waals surface area contributed by atoms with E-state index in [1.807, 2.05) is 31.2 Å². The molecular formula is C19H23NO4. The molecule has 0 spiro atoms. The van der Waals surface area contributed by atoms with Crippen LogP contribution in [0.2, 0.25) is 0 Å². The number of carboxylic acid groups (broad SMARTS) is 1. The van der Waals surface area contributed by atoms with Crippen molar-refractivity contribution in [3.05, 3.63) is 52.1 Å². The Kier molecular flexibility index (Phi) is 6.18. The van der Waals surface area contributed by atoms with Crippen molar-refractivity contribution in [3.8, 4) is 5.75 Å². The van der Waals surface area contributed by atoms with E-state index in [0.29, 0.717) is 6.61 Å². The van der Waals surface area contributed by atoms with E-state index >= 15 is 0 Å². The Morgan fingerprint density at radius 2 is 1.75 bits per heavy atom. The predicted molar refractivity (Wildman–Crippen MR) is 93.4 cm³/mol. The van der Waals surface area contributed by atoms with Gasteiger partial charge in [0.1, 0.15) is 19.0 Å². The van der Waals surface area contributed by atoms with Gasteiger partial charge >= 0.3 is 5.97 Å². The van der Waals surface area contributed by atoms with E-state index in [2.05, 4.69) is 19.0 Å². The third-order valence-electron chi connectivity index (χ3n) is 4.16. The van der Waals surface area contributed by atoms with Crippen LogP contribution < -0.4 is 4.74 Å². The van der Waals surface area contributed by atoms with E-state index in [4.69, 9.17) is 14.7 Å². The third-order valence-corrected chi connectivity index (χ3v) is 4.16. The highest BCUT2D eigenvalue weighted by Gasteiger charge is 2.17. The summed E-state index contributed by atoms with van der Waals surface area (Å²) in [4.78, 5) is 15.6. The zero-order valence-corrected chi connectivity index (χ0v) is 14.3. The summed E-state index contributed by atoms with van der Waals surface area (Å²) in [6.07, 6.45) is 2.40. The largest absolute Gasteiger partial charge is 0.489 e. The van der Waals surface area contributed by atoms with Gasteiger partial charge in [0.25, 0.3) is 0 Å². The number of aliphatic carboxylic acids is 1. The number of carboxylic acids is 1. The Balaban J connectivity index is 2.06. The van der Waals surface area contributed by atoms with Crippen LogP contribution >= 0.6 is 0 Å². The lowest BCUT2D eigenvalue weighted by atomic mass is 9.88. The quantitative estimate of drug-likeness (QED) is 0.468. The van der Waals surface area contributed by atoms with Gasteiger partial charge in [0.2, 0.25) is 0 Å². The average Bonchev–Trinajstić information content (AvgIpc) is 2.54. The average molecular weight is 329 g/mol. The minimum absolute atomic E-state index is 0.279. The zero-order chi connectivity index (χ0) is 17.5. The smallest absolute Gasteiger partial charge is 0.350 e. The first-order valence-electron chi connectivity index (χ1n) is 7.89. The monoisotopic (exact) mass is 329 g/mol. The van der Waals surface area contributed by atoms with Gasteiger partial charge in [-0.3, -0.25) is 0 Å². The number of ether oxygens (including phenoxy) is 1. The number of carbonyl (C=O) groups is 1. The van der Waals surface area contributed by atoms with Gasteiger partial charge in [-0.15, -0.1) is 0 Å². The number of hydrogen-bond acceptors (Lipinski definition) is 4. The van der Waals surface area contributed by atoms with Crippen LogP contribution in [0, 0.1) is 6.92 Å². The molecule has 1 aromatic rings. The normalized spacial score (nSPS) is 15.1. The van der Waals surface area contributed by atoms with Crippen molar-refractivity contribution in [1.29, 1.82) is 0 Å². The molecular weight excluding hydrogens is 306 g/mol. The van der Waals surface area contributed by atoms with Crippen molar-refractivity contribution < 1.29 is 19.5 Å². The standard InChI is InChI=1S/C19H23NO4/c1-13-6-4-5-7-18(13)23-11-16-8-14(2)15(3)9-17(16)12-24-20-10-19(21)22/h4-7,10H,8-9,11-12H2,1-3H3,(H,21,22)/b20-10-. The number of nitrogens with zero attached hydrogens (tertiary/aromatic N) is 1. The highest BCUT2D eigenvalue weighted by molar-refractivity contribution is 6.21. The second-order valence-electron chi connectivity index (χ2n) is 6.02. The summed E-state index contributed by atoms with van der Waals surface area (Å²) < 4.78 is 5.97. The maximum atomic E-state index is 10.4. The maximum Gasteiger partial charge on any atom is 0.350 e. The van der Waals surface area contributed by atoms with E-state index in [9.17, 15) is 4.79 Å².